The van der Waals surface area contributed by atoms with E-state index in [2.05, 4.69) is 10.3 Å². The molecule has 3 aromatic rings. The highest BCUT2D eigenvalue weighted by Gasteiger charge is 2.16. The first kappa shape index (κ1) is 16.3. The first-order valence-electron chi connectivity index (χ1n) is 7.71. The van der Waals surface area contributed by atoms with E-state index in [1.54, 1.807) is 6.92 Å². The molecule has 5 nitrogen and oxygen atoms in total. The highest BCUT2D eigenvalue weighted by Crippen LogP contribution is 2.29. The van der Waals surface area contributed by atoms with E-state index < -0.39 is 6.10 Å². The predicted molar refractivity (Wildman–Crippen MR) is 96.0 cm³/mol. The Labute approximate surface area is 144 Å². The van der Waals surface area contributed by atoms with Crippen LogP contribution in [0.4, 0.5) is 5.13 Å². The van der Waals surface area contributed by atoms with Gasteiger partial charge in [-0.15, -0.1) is 0 Å². The number of thiazole rings is 1. The standard InChI is InChI=1S/C18H18N2O3S/c1-3-22-14-9-10-15-16(11-14)24-18(19-15)20-17(21)12(2)23-13-7-5-4-6-8-13/h4-12H,3H2,1-2H3,(H,19,20,21)/t12-/m1/s1. The van der Waals surface area contributed by atoms with Crippen LogP contribution < -0.4 is 14.8 Å². The van der Waals surface area contributed by atoms with Crippen LogP contribution in [0.15, 0.2) is 48.5 Å². The van der Waals surface area contributed by atoms with E-state index in [0.29, 0.717) is 17.5 Å². The number of ether oxygens (including phenoxy) is 2. The van der Waals surface area contributed by atoms with E-state index >= 15 is 0 Å². The number of anilines is 1. The van der Waals surface area contributed by atoms with Crippen molar-refractivity contribution in [2.75, 3.05) is 11.9 Å². The number of rotatable bonds is 6. The van der Waals surface area contributed by atoms with Crippen molar-refractivity contribution < 1.29 is 14.3 Å². The number of carbonyl (C=O) groups excluding carboxylic acids is 1. The van der Waals surface area contributed by atoms with E-state index in [0.717, 1.165) is 16.0 Å². The Kier molecular flexibility index (Phi) is 4.96. The van der Waals surface area contributed by atoms with Gasteiger partial charge >= 0.3 is 0 Å². The van der Waals surface area contributed by atoms with Gasteiger partial charge in [-0.1, -0.05) is 29.5 Å². The SMILES string of the molecule is CCOc1ccc2nc(NC(=O)[C@@H](C)Oc3ccccc3)sc2c1. The molecule has 1 aromatic heterocycles. The zero-order chi connectivity index (χ0) is 16.9. The third-order valence-electron chi connectivity index (χ3n) is 3.33. The summed E-state index contributed by atoms with van der Waals surface area (Å²) in [6.07, 6.45) is -0.613. The van der Waals surface area contributed by atoms with Gasteiger partial charge in [0.1, 0.15) is 11.5 Å². The van der Waals surface area contributed by atoms with E-state index in [1.165, 1.54) is 11.3 Å². The average Bonchev–Trinajstić information content (AvgIpc) is 2.97. The Morgan fingerprint density at radius 1 is 1.21 bits per heavy atom. The van der Waals surface area contributed by atoms with Crippen LogP contribution in [0.5, 0.6) is 11.5 Å². The highest BCUT2D eigenvalue weighted by atomic mass is 32.1. The minimum absolute atomic E-state index is 0.233. The van der Waals surface area contributed by atoms with Gasteiger partial charge in [-0.3, -0.25) is 10.1 Å². The van der Waals surface area contributed by atoms with E-state index in [-0.39, 0.29) is 5.91 Å². The van der Waals surface area contributed by atoms with Gasteiger partial charge in [-0.05, 0) is 44.2 Å². The Morgan fingerprint density at radius 3 is 2.75 bits per heavy atom. The molecule has 6 heteroatoms. The number of para-hydroxylation sites is 1. The summed E-state index contributed by atoms with van der Waals surface area (Å²) in [6, 6.07) is 14.9. The lowest BCUT2D eigenvalue weighted by atomic mass is 10.3. The molecule has 0 bridgehead atoms. The summed E-state index contributed by atoms with van der Waals surface area (Å²) in [5.41, 5.74) is 0.829. The molecule has 24 heavy (non-hydrogen) atoms. The largest absolute Gasteiger partial charge is 0.494 e. The fraction of sp³-hybridized carbons (Fsp3) is 0.222. The maximum absolute atomic E-state index is 12.3. The summed E-state index contributed by atoms with van der Waals surface area (Å²) in [5, 5.41) is 3.35. The minimum atomic E-state index is -0.613. The van der Waals surface area contributed by atoms with Crippen molar-refractivity contribution in [2.45, 2.75) is 20.0 Å². The quantitative estimate of drug-likeness (QED) is 0.732. The van der Waals surface area contributed by atoms with E-state index in [1.807, 2.05) is 55.5 Å². The summed E-state index contributed by atoms with van der Waals surface area (Å²) in [5.74, 6) is 1.22. The lowest BCUT2D eigenvalue weighted by Crippen LogP contribution is -2.30. The topological polar surface area (TPSA) is 60.5 Å². The first-order valence-corrected chi connectivity index (χ1v) is 8.53. The predicted octanol–water partition coefficient (Wildman–Crippen LogP) is 4.10. The summed E-state index contributed by atoms with van der Waals surface area (Å²) in [4.78, 5) is 16.7. The normalized spacial score (nSPS) is 11.9. The second kappa shape index (κ2) is 7.31. The number of carbonyl (C=O) groups is 1. The molecule has 0 aliphatic heterocycles. The Balaban J connectivity index is 1.68. The van der Waals surface area contributed by atoms with Crippen molar-refractivity contribution in [3.63, 3.8) is 0 Å². The molecule has 2 aromatic carbocycles. The van der Waals surface area contributed by atoms with Crippen molar-refractivity contribution in [3.8, 4) is 11.5 Å². The summed E-state index contributed by atoms with van der Waals surface area (Å²) in [6.45, 7) is 4.27. The van der Waals surface area contributed by atoms with Crippen molar-refractivity contribution in [3.05, 3.63) is 48.5 Å². The molecule has 0 unspecified atom stereocenters. The van der Waals surface area contributed by atoms with Gasteiger partial charge in [-0.25, -0.2) is 4.98 Å². The number of fused-ring (bicyclic) bond motifs is 1. The molecule has 0 spiro atoms. The van der Waals surface area contributed by atoms with Crippen molar-refractivity contribution >= 4 is 32.6 Å². The number of amides is 1. The van der Waals surface area contributed by atoms with Crippen LogP contribution in [0.1, 0.15) is 13.8 Å². The van der Waals surface area contributed by atoms with Gasteiger partial charge < -0.3 is 9.47 Å². The van der Waals surface area contributed by atoms with Crippen molar-refractivity contribution in [1.82, 2.24) is 4.98 Å². The van der Waals surface area contributed by atoms with Crippen LogP contribution in [0, 0.1) is 0 Å². The smallest absolute Gasteiger partial charge is 0.266 e. The van der Waals surface area contributed by atoms with Gasteiger partial charge in [0.05, 0.1) is 16.8 Å². The van der Waals surface area contributed by atoms with Crippen LogP contribution >= 0.6 is 11.3 Å². The monoisotopic (exact) mass is 342 g/mol. The average molecular weight is 342 g/mol. The van der Waals surface area contributed by atoms with Crippen LogP contribution in [0.3, 0.4) is 0 Å². The molecule has 0 saturated carbocycles. The molecule has 1 heterocycles. The van der Waals surface area contributed by atoms with Crippen LogP contribution in [-0.4, -0.2) is 23.6 Å². The highest BCUT2D eigenvalue weighted by molar-refractivity contribution is 7.22. The number of aromatic nitrogens is 1. The third-order valence-corrected chi connectivity index (χ3v) is 4.26. The number of hydrogen-bond donors (Lipinski definition) is 1. The van der Waals surface area contributed by atoms with Gasteiger partial charge in [-0.2, -0.15) is 0 Å². The first-order chi connectivity index (χ1) is 11.7. The second-order valence-corrected chi connectivity index (χ2v) is 6.17. The number of nitrogens with zero attached hydrogens (tertiary/aromatic N) is 1. The lowest BCUT2D eigenvalue weighted by Gasteiger charge is -2.13. The Morgan fingerprint density at radius 2 is 2.00 bits per heavy atom. The van der Waals surface area contributed by atoms with Crippen LogP contribution in [0.25, 0.3) is 10.2 Å². The second-order valence-electron chi connectivity index (χ2n) is 5.14. The maximum atomic E-state index is 12.3. The number of benzene rings is 2. The number of nitrogens with one attached hydrogen (secondary N) is 1. The van der Waals surface area contributed by atoms with Crippen LogP contribution in [0.2, 0.25) is 0 Å². The van der Waals surface area contributed by atoms with Crippen molar-refractivity contribution in [1.29, 1.82) is 0 Å². The molecule has 124 valence electrons. The van der Waals surface area contributed by atoms with Gasteiger partial charge in [0.15, 0.2) is 11.2 Å². The molecule has 1 atom stereocenters. The van der Waals surface area contributed by atoms with Gasteiger partial charge in [0, 0.05) is 0 Å². The zero-order valence-corrected chi connectivity index (χ0v) is 14.3. The Bertz CT molecular complexity index is 833. The molecule has 0 radical (unpaired) electrons. The fourth-order valence-corrected chi connectivity index (χ4v) is 3.08. The molecule has 1 N–H and O–H groups in total. The van der Waals surface area contributed by atoms with Crippen molar-refractivity contribution in [2.24, 2.45) is 0 Å². The third kappa shape index (κ3) is 3.83. The molecule has 0 fully saturated rings. The molecule has 0 aliphatic rings. The minimum Gasteiger partial charge on any atom is -0.494 e. The maximum Gasteiger partial charge on any atom is 0.266 e. The van der Waals surface area contributed by atoms with Crippen LogP contribution in [-0.2, 0) is 4.79 Å². The zero-order valence-electron chi connectivity index (χ0n) is 13.5. The van der Waals surface area contributed by atoms with E-state index in [9.17, 15) is 4.79 Å². The fourth-order valence-electron chi connectivity index (χ4n) is 2.18. The summed E-state index contributed by atoms with van der Waals surface area (Å²) >= 11 is 1.41. The molecule has 0 saturated heterocycles. The van der Waals surface area contributed by atoms with Gasteiger partial charge in [0.25, 0.3) is 5.91 Å². The molecule has 0 aliphatic carbocycles. The molecular formula is C18H18N2O3S. The summed E-state index contributed by atoms with van der Waals surface area (Å²) < 4.78 is 12.1. The molecular weight excluding hydrogens is 324 g/mol. The Hall–Kier alpha value is -2.60. The lowest BCUT2D eigenvalue weighted by molar-refractivity contribution is -0.122. The molecule has 1 amide bonds. The molecule has 3 rings (SSSR count). The number of hydrogen-bond acceptors (Lipinski definition) is 5. The van der Waals surface area contributed by atoms with E-state index in [4.69, 9.17) is 9.47 Å². The summed E-state index contributed by atoms with van der Waals surface area (Å²) in [7, 11) is 0. The van der Waals surface area contributed by atoms with Gasteiger partial charge in [0.2, 0.25) is 0 Å².